The van der Waals surface area contributed by atoms with Crippen molar-refractivity contribution in [1.82, 2.24) is 4.90 Å². The minimum Gasteiger partial charge on any atom is -0.508 e. The van der Waals surface area contributed by atoms with Crippen LogP contribution in [0.15, 0.2) is 24.3 Å². The average molecular weight is 424 g/mol. The first-order valence-corrected chi connectivity index (χ1v) is 11.0. The van der Waals surface area contributed by atoms with Crippen LogP contribution in [0.5, 0.6) is 5.75 Å². The second-order valence-electron chi connectivity index (χ2n) is 8.26. The van der Waals surface area contributed by atoms with Crippen molar-refractivity contribution in [2.75, 3.05) is 20.6 Å². The highest BCUT2D eigenvalue weighted by molar-refractivity contribution is 5.66. The molecule has 0 aromatic heterocycles. The predicted molar refractivity (Wildman–Crippen MR) is 121 cm³/mol. The van der Waals surface area contributed by atoms with Crippen LogP contribution < -0.4 is 0 Å². The van der Waals surface area contributed by atoms with E-state index in [4.69, 9.17) is 10.2 Å². The van der Waals surface area contributed by atoms with Crippen molar-refractivity contribution in [3.8, 4) is 5.75 Å². The lowest BCUT2D eigenvalue weighted by Gasteiger charge is -2.26. The van der Waals surface area contributed by atoms with Gasteiger partial charge in [-0.05, 0) is 62.9 Å². The molecular formula is C24H41NO5. The Hall–Kier alpha value is -2.08. The number of aliphatic carboxylic acids is 2. The van der Waals surface area contributed by atoms with Crippen LogP contribution >= 0.6 is 0 Å². The number of nitrogens with zero attached hydrogens (tertiary/aromatic N) is 1. The van der Waals surface area contributed by atoms with Crippen LogP contribution in [0.2, 0.25) is 0 Å². The Balaban J connectivity index is 0.000000567. The summed E-state index contributed by atoms with van der Waals surface area (Å²) in [5.41, 5.74) is 1.25. The topological polar surface area (TPSA) is 98.1 Å². The zero-order valence-corrected chi connectivity index (χ0v) is 19.1. The summed E-state index contributed by atoms with van der Waals surface area (Å²) in [5.74, 6) is 0.0102. The molecule has 0 radical (unpaired) electrons. The lowest BCUT2D eigenvalue weighted by Crippen LogP contribution is -2.24. The van der Waals surface area contributed by atoms with Crippen molar-refractivity contribution < 1.29 is 24.9 Å². The Kier molecular flexibility index (Phi) is 15.5. The molecule has 2 atom stereocenters. The van der Waals surface area contributed by atoms with Gasteiger partial charge in [-0.3, -0.25) is 9.59 Å². The molecule has 0 amide bonds. The summed E-state index contributed by atoms with van der Waals surface area (Å²) in [6.07, 6.45) is 6.93. The van der Waals surface area contributed by atoms with Gasteiger partial charge in [0.2, 0.25) is 0 Å². The molecule has 0 aliphatic carbocycles. The molecule has 1 aromatic carbocycles. The summed E-state index contributed by atoms with van der Waals surface area (Å²) >= 11 is 0. The second kappa shape index (κ2) is 16.7. The number of unbranched alkanes of at least 4 members (excludes halogenated alkanes) is 5. The molecule has 3 N–H and O–H groups in total. The molecule has 0 fully saturated rings. The van der Waals surface area contributed by atoms with Crippen molar-refractivity contribution in [2.24, 2.45) is 5.92 Å². The fourth-order valence-electron chi connectivity index (χ4n) is 3.68. The van der Waals surface area contributed by atoms with Crippen molar-refractivity contribution in [1.29, 1.82) is 0 Å². The van der Waals surface area contributed by atoms with Gasteiger partial charge in [0.25, 0.3) is 0 Å². The Morgan fingerprint density at radius 2 is 1.43 bits per heavy atom. The third-order valence-electron chi connectivity index (χ3n) is 5.11. The molecule has 30 heavy (non-hydrogen) atoms. The first-order chi connectivity index (χ1) is 14.2. The molecule has 0 bridgehead atoms. The van der Waals surface area contributed by atoms with E-state index in [0.29, 0.717) is 17.6 Å². The third kappa shape index (κ3) is 14.9. The zero-order valence-electron chi connectivity index (χ0n) is 19.1. The summed E-state index contributed by atoms with van der Waals surface area (Å²) in [6.45, 7) is 5.56. The van der Waals surface area contributed by atoms with Gasteiger partial charge in [0.1, 0.15) is 5.75 Å². The Bertz CT molecular complexity index is 583. The molecule has 0 aliphatic rings. The van der Waals surface area contributed by atoms with E-state index in [-0.39, 0.29) is 12.8 Å². The highest BCUT2D eigenvalue weighted by atomic mass is 16.4. The number of carboxylic acid groups (broad SMARTS) is 2. The summed E-state index contributed by atoms with van der Waals surface area (Å²) in [7, 11) is 4.21. The molecule has 6 heteroatoms. The SMILES string of the molecule is CC[C@@H](c1cccc(O)c1)[C@@H](C)CN(C)C.O=C(O)CCCCCCCCC(=O)O. The van der Waals surface area contributed by atoms with Crippen LogP contribution in [-0.2, 0) is 9.59 Å². The number of rotatable bonds is 14. The first-order valence-electron chi connectivity index (χ1n) is 11.0. The van der Waals surface area contributed by atoms with Crippen LogP contribution in [0.3, 0.4) is 0 Å². The van der Waals surface area contributed by atoms with Crippen molar-refractivity contribution in [3.63, 3.8) is 0 Å². The van der Waals surface area contributed by atoms with Crippen LogP contribution in [-0.4, -0.2) is 52.8 Å². The van der Waals surface area contributed by atoms with Crippen LogP contribution in [0, 0.1) is 5.92 Å². The van der Waals surface area contributed by atoms with E-state index in [1.165, 1.54) is 5.56 Å². The number of phenols is 1. The van der Waals surface area contributed by atoms with Crippen molar-refractivity contribution in [2.45, 2.75) is 77.6 Å². The van der Waals surface area contributed by atoms with E-state index in [2.05, 4.69) is 38.9 Å². The van der Waals surface area contributed by atoms with E-state index in [1.807, 2.05) is 12.1 Å². The van der Waals surface area contributed by atoms with Crippen molar-refractivity contribution in [3.05, 3.63) is 29.8 Å². The Morgan fingerprint density at radius 1 is 0.933 bits per heavy atom. The zero-order chi connectivity index (χ0) is 22.9. The largest absolute Gasteiger partial charge is 0.508 e. The normalized spacial score (nSPS) is 12.7. The lowest BCUT2D eigenvalue weighted by atomic mass is 9.85. The van der Waals surface area contributed by atoms with Crippen molar-refractivity contribution >= 4 is 11.9 Å². The number of phenolic OH excluding ortho intramolecular Hbond substituents is 1. The standard InChI is InChI=1S/C14H23NO.C10H18O4/c1-5-14(11(2)10-15(3)4)12-7-6-8-13(16)9-12;11-9(12)7-5-3-1-2-4-6-8-10(13)14/h6-9,11,14,16H,5,10H2,1-4H3;1-8H2,(H,11,12)(H,13,14)/t11-,14+;/m0./s1. The minimum atomic E-state index is -0.740. The van der Waals surface area contributed by atoms with Gasteiger partial charge in [0, 0.05) is 19.4 Å². The first kappa shape index (κ1) is 27.9. The average Bonchev–Trinajstić information content (AvgIpc) is 2.64. The van der Waals surface area contributed by atoms with E-state index >= 15 is 0 Å². The maximum atomic E-state index is 10.1. The molecule has 0 saturated heterocycles. The smallest absolute Gasteiger partial charge is 0.303 e. The van der Waals surface area contributed by atoms with Gasteiger partial charge in [-0.2, -0.15) is 0 Å². The molecule has 0 unspecified atom stereocenters. The Labute approximate surface area is 181 Å². The third-order valence-corrected chi connectivity index (χ3v) is 5.11. The summed E-state index contributed by atoms with van der Waals surface area (Å²) in [5, 5.41) is 26.2. The summed E-state index contributed by atoms with van der Waals surface area (Å²) < 4.78 is 0. The van der Waals surface area contributed by atoms with Gasteiger partial charge in [-0.25, -0.2) is 0 Å². The van der Waals surface area contributed by atoms with Crippen LogP contribution in [0.4, 0.5) is 0 Å². The molecule has 0 heterocycles. The van der Waals surface area contributed by atoms with Gasteiger partial charge in [0.15, 0.2) is 0 Å². The number of carbonyl (C=O) groups is 2. The number of hydrogen-bond donors (Lipinski definition) is 3. The molecule has 1 rings (SSSR count). The van der Waals surface area contributed by atoms with Gasteiger partial charge in [-0.15, -0.1) is 0 Å². The maximum Gasteiger partial charge on any atom is 0.303 e. The fourth-order valence-corrected chi connectivity index (χ4v) is 3.68. The molecule has 172 valence electrons. The molecule has 1 aromatic rings. The Morgan fingerprint density at radius 3 is 1.83 bits per heavy atom. The highest BCUT2D eigenvalue weighted by Gasteiger charge is 2.18. The van der Waals surface area contributed by atoms with E-state index in [0.717, 1.165) is 51.5 Å². The van der Waals surface area contributed by atoms with Gasteiger partial charge in [0.05, 0.1) is 0 Å². The number of benzene rings is 1. The minimum absolute atomic E-state index is 0.245. The summed E-state index contributed by atoms with van der Waals surface area (Å²) in [6, 6.07) is 7.66. The summed E-state index contributed by atoms with van der Waals surface area (Å²) in [4.78, 5) is 22.5. The van der Waals surface area contributed by atoms with Crippen LogP contribution in [0.25, 0.3) is 0 Å². The predicted octanol–water partition coefficient (Wildman–Crippen LogP) is 5.36. The number of carboxylic acids is 2. The second-order valence-corrected chi connectivity index (χ2v) is 8.26. The molecule has 0 aliphatic heterocycles. The van der Waals surface area contributed by atoms with E-state index in [9.17, 15) is 14.7 Å². The van der Waals surface area contributed by atoms with Gasteiger partial charge < -0.3 is 20.2 Å². The number of hydrogen-bond acceptors (Lipinski definition) is 4. The molecule has 0 saturated carbocycles. The lowest BCUT2D eigenvalue weighted by molar-refractivity contribution is -0.138. The molecular weight excluding hydrogens is 382 g/mol. The van der Waals surface area contributed by atoms with E-state index in [1.54, 1.807) is 6.07 Å². The fraction of sp³-hybridized carbons (Fsp3) is 0.667. The number of aromatic hydroxyl groups is 1. The quantitative estimate of drug-likeness (QED) is 0.348. The molecule has 6 nitrogen and oxygen atoms in total. The van der Waals surface area contributed by atoms with Gasteiger partial charge >= 0.3 is 11.9 Å². The van der Waals surface area contributed by atoms with Gasteiger partial charge in [-0.1, -0.05) is 51.7 Å². The van der Waals surface area contributed by atoms with Crippen LogP contribution in [0.1, 0.15) is 83.1 Å². The highest BCUT2D eigenvalue weighted by Crippen LogP contribution is 2.30. The maximum absolute atomic E-state index is 10.1. The monoisotopic (exact) mass is 423 g/mol. The molecule has 0 spiro atoms. The van der Waals surface area contributed by atoms with E-state index < -0.39 is 11.9 Å².